The molecular formula is C14H28N2O. The van der Waals surface area contributed by atoms with E-state index in [0.29, 0.717) is 11.9 Å². The van der Waals surface area contributed by atoms with Crippen LogP contribution in [0.3, 0.4) is 0 Å². The number of likely N-dealkylation sites (tertiary alicyclic amines) is 1. The van der Waals surface area contributed by atoms with E-state index in [4.69, 9.17) is 0 Å². The Hall–Kier alpha value is -0.570. The summed E-state index contributed by atoms with van der Waals surface area (Å²) < 4.78 is 0. The van der Waals surface area contributed by atoms with Crippen LogP contribution in [-0.2, 0) is 4.79 Å². The topological polar surface area (TPSA) is 23.6 Å². The van der Waals surface area contributed by atoms with Gasteiger partial charge >= 0.3 is 0 Å². The van der Waals surface area contributed by atoms with Crippen LogP contribution < -0.4 is 0 Å². The smallest absolute Gasteiger partial charge is 0.225 e. The fourth-order valence-electron chi connectivity index (χ4n) is 2.33. The fourth-order valence-corrected chi connectivity index (χ4v) is 2.33. The van der Waals surface area contributed by atoms with Gasteiger partial charge in [-0.3, -0.25) is 4.79 Å². The average Bonchev–Trinajstić information content (AvgIpc) is 2.35. The Morgan fingerprint density at radius 2 is 1.94 bits per heavy atom. The van der Waals surface area contributed by atoms with Crippen LogP contribution in [0.2, 0.25) is 0 Å². The van der Waals surface area contributed by atoms with Gasteiger partial charge in [-0.25, -0.2) is 0 Å². The number of unbranched alkanes of at least 4 members (excludes halogenated alkanes) is 1. The molecule has 1 saturated heterocycles. The summed E-state index contributed by atoms with van der Waals surface area (Å²) in [6, 6.07) is 0.320. The van der Waals surface area contributed by atoms with Crippen molar-refractivity contribution in [2.24, 2.45) is 5.92 Å². The lowest BCUT2D eigenvalue weighted by atomic mass is 9.95. The van der Waals surface area contributed by atoms with Crippen molar-refractivity contribution in [2.45, 2.75) is 52.5 Å². The van der Waals surface area contributed by atoms with E-state index in [2.05, 4.69) is 25.7 Å². The first-order valence-electron chi connectivity index (χ1n) is 7.05. The zero-order valence-electron chi connectivity index (χ0n) is 11.9. The number of nitrogens with zero attached hydrogens (tertiary/aromatic N) is 2. The molecule has 0 saturated carbocycles. The van der Waals surface area contributed by atoms with Gasteiger partial charge in [0.2, 0.25) is 5.91 Å². The predicted octanol–water partition coefficient (Wildman–Crippen LogP) is 2.37. The number of carbonyl (C=O) groups excluding carboxylic acids is 1. The minimum absolute atomic E-state index is 0.264. The fraction of sp³-hybridized carbons (Fsp3) is 0.929. The van der Waals surface area contributed by atoms with E-state index in [1.54, 1.807) is 0 Å². The maximum Gasteiger partial charge on any atom is 0.225 e. The van der Waals surface area contributed by atoms with Crippen LogP contribution in [0.25, 0.3) is 0 Å². The summed E-state index contributed by atoms with van der Waals surface area (Å²) >= 11 is 0. The molecule has 1 aliphatic rings. The Morgan fingerprint density at radius 1 is 1.35 bits per heavy atom. The highest BCUT2D eigenvalue weighted by atomic mass is 16.2. The molecule has 1 amide bonds. The van der Waals surface area contributed by atoms with Crippen molar-refractivity contribution >= 4 is 5.91 Å². The third-order valence-corrected chi connectivity index (χ3v) is 3.89. The van der Waals surface area contributed by atoms with E-state index in [-0.39, 0.29) is 5.92 Å². The Kier molecular flexibility index (Phi) is 5.96. The second-order valence-electron chi connectivity index (χ2n) is 5.51. The first-order valence-corrected chi connectivity index (χ1v) is 7.05. The van der Waals surface area contributed by atoms with E-state index < -0.39 is 0 Å². The summed E-state index contributed by atoms with van der Waals surface area (Å²) in [7, 11) is 1.93. The first-order chi connectivity index (χ1) is 8.06. The van der Waals surface area contributed by atoms with E-state index in [1.807, 2.05) is 11.9 Å². The van der Waals surface area contributed by atoms with E-state index in [0.717, 1.165) is 25.9 Å². The quantitative estimate of drug-likeness (QED) is 0.736. The molecule has 3 nitrogen and oxygen atoms in total. The normalized spacial score (nSPS) is 18.6. The molecule has 1 rings (SSSR count). The lowest BCUT2D eigenvalue weighted by molar-refractivity contribution is -0.137. The van der Waals surface area contributed by atoms with Gasteiger partial charge in [0.25, 0.3) is 0 Å². The highest BCUT2D eigenvalue weighted by molar-refractivity contribution is 5.78. The number of hydrogen-bond donors (Lipinski definition) is 0. The molecule has 0 radical (unpaired) electrons. The maximum absolute atomic E-state index is 12.2. The largest absolute Gasteiger partial charge is 0.343 e. The van der Waals surface area contributed by atoms with Crippen molar-refractivity contribution in [3.63, 3.8) is 0 Å². The van der Waals surface area contributed by atoms with Gasteiger partial charge in [0.15, 0.2) is 0 Å². The molecule has 0 aromatic carbocycles. The van der Waals surface area contributed by atoms with Gasteiger partial charge in [0, 0.05) is 19.0 Å². The first kappa shape index (κ1) is 14.5. The van der Waals surface area contributed by atoms with Crippen molar-refractivity contribution < 1.29 is 4.79 Å². The lowest BCUT2D eigenvalue weighted by Gasteiger charge is -2.34. The second kappa shape index (κ2) is 7.00. The van der Waals surface area contributed by atoms with Crippen LogP contribution in [0.15, 0.2) is 0 Å². The monoisotopic (exact) mass is 240 g/mol. The third kappa shape index (κ3) is 4.30. The van der Waals surface area contributed by atoms with E-state index in [9.17, 15) is 4.79 Å². The minimum Gasteiger partial charge on any atom is -0.343 e. The average molecular weight is 240 g/mol. The van der Waals surface area contributed by atoms with Gasteiger partial charge in [0.05, 0.1) is 0 Å². The molecule has 0 aromatic rings. The van der Waals surface area contributed by atoms with Gasteiger partial charge in [-0.1, -0.05) is 13.3 Å². The van der Waals surface area contributed by atoms with Crippen LogP contribution >= 0.6 is 0 Å². The molecule has 0 aromatic heterocycles. The molecular weight excluding hydrogens is 212 g/mol. The van der Waals surface area contributed by atoms with Crippen LogP contribution in [0.4, 0.5) is 0 Å². The van der Waals surface area contributed by atoms with Crippen molar-refractivity contribution in [3.05, 3.63) is 0 Å². The van der Waals surface area contributed by atoms with Gasteiger partial charge in [-0.2, -0.15) is 0 Å². The number of rotatable bonds is 5. The van der Waals surface area contributed by atoms with E-state index >= 15 is 0 Å². The molecule has 0 spiro atoms. The van der Waals surface area contributed by atoms with Crippen molar-refractivity contribution in [3.8, 4) is 0 Å². The van der Waals surface area contributed by atoms with Crippen LogP contribution in [0, 0.1) is 5.92 Å². The summed E-state index contributed by atoms with van der Waals surface area (Å²) in [5, 5.41) is 0. The molecule has 0 aliphatic carbocycles. The molecule has 0 unspecified atom stereocenters. The predicted molar refractivity (Wildman–Crippen MR) is 72.0 cm³/mol. The minimum atomic E-state index is 0.264. The molecule has 0 bridgehead atoms. The zero-order valence-corrected chi connectivity index (χ0v) is 11.9. The Morgan fingerprint density at radius 3 is 2.41 bits per heavy atom. The summed E-state index contributed by atoms with van der Waals surface area (Å²) in [5.74, 6) is 0.607. The standard InChI is InChI=1S/C14H28N2O/c1-5-6-9-16-10-7-13(8-11-16)14(17)15(4)12(2)3/h12-13H,5-11H2,1-4H3. The summed E-state index contributed by atoms with van der Waals surface area (Å²) in [6.45, 7) is 9.79. The highest BCUT2D eigenvalue weighted by Crippen LogP contribution is 2.20. The molecule has 1 fully saturated rings. The van der Waals surface area contributed by atoms with Crippen molar-refractivity contribution in [2.75, 3.05) is 26.7 Å². The van der Waals surface area contributed by atoms with E-state index in [1.165, 1.54) is 19.4 Å². The zero-order chi connectivity index (χ0) is 12.8. The Balaban J connectivity index is 2.33. The summed E-state index contributed by atoms with van der Waals surface area (Å²) in [4.78, 5) is 16.6. The lowest BCUT2D eigenvalue weighted by Crippen LogP contribution is -2.43. The van der Waals surface area contributed by atoms with Gasteiger partial charge in [0.1, 0.15) is 0 Å². The van der Waals surface area contributed by atoms with Crippen LogP contribution in [-0.4, -0.2) is 48.4 Å². The summed E-state index contributed by atoms with van der Waals surface area (Å²) in [5.41, 5.74) is 0. The number of amides is 1. The Bertz CT molecular complexity index is 232. The molecule has 17 heavy (non-hydrogen) atoms. The summed E-state index contributed by atoms with van der Waals surface area (Å²) in [6.07, 6.45) is 4.62. The van der Waals surface area contributed by atoms with Crippen molar-refractivity contribution in [1.29, 1.82) is 0 Å². The van der Waals surface area contributed by atoms with Crippen LogP contribution in [0.5, 0.6) is 0 Å². The molecule has 3 heteroatoms. The van der Waals surface area contributed by atoms with Crippen molar-refractivity contribution in [1.82, 2.24) is 9.80 Å². The number of carbonyl (C=O) groups is 1. The number of hydrogen-bond acceptors (Lipinski definition) is 2. The maximum atomic E-state index is 12.2. The number of piperidine rings is 1. The SMILES string of the molecule is CCCCN1CCC(C(=O)N(C)C(C)C)CC1. The van der Waals surface area contributed by atoms with Gasteiger partial charge in [-0.05, 0) is 52.7 Å². The molecule has 1 aliphatic heterocycles. The van der Waals surface area contributed by atoms with Gasteiger partial charge in [-0.15, -0.1) is 0 Å². The molecule has 0 N–H and O–H groups in total. The molecule has 0 atom stereocenters. The Labute approximate surface area is 106 Å². The third-order valence-electron chi connectivity index (χ3n) is 3.89. The van der Waals surface area contributed by atoms with Gasteiger partial charge < -0.3 is 9.80 Å². The molecule has 100 valence electrons. The molecule has 1 heterocycles. The van der Waals surface area contributed by atoms with Crippen LogP contribution in [0.1, 0.15) is 46.5 Å². The second-order valence-corrected chi connectivity index (χ2v) is 5.51. The highest BCUT2D eigenvalue weighted by Gasteiger charge is 2.27.